The second kappa shape index (κ2) is 10.2. The van der Waals surface area contributed by atoms with E-state index < -0.39 is 5.66 Å². The van der Waals surface area contributed by atoms with Crippen molar-refractivity contribution in [2.45, 2.75) is 37.4 Å². The lowest BCUT2D eigenvalue weighted by Gasteiger charge is -2.44. The van der Waals surface area contributed by atoms with E-state index >= 15 is 0 Å². The number of hydrogen-bond acceptors (Lipinski definition) is 4. The van der Waals surface area contributed by atoms with Gasteiger partial charge in [0, 0.05) is 61.4 Å². The molecular formula is C28H29ClN4O2. The van der Waals surface area contributed by atoms with Crippen molar-refractivity contribution in [3.63, 3.8) is 0 Å². The molecule has 0 aliphatic carbocycles. The van der Waals surface area contributed by atoms with Crippen LogP contribution in [0.2, 0.25) is 5.02 Å². The summed E-state index contributed by atoms with van der Waals surface area (Å²) in [5.74, 6) is 0.129. The van der Waals surface area contributed by atoms with Crippen LogP contribution in [0.3, 0.4) is 0 Å². The zero-order valence-corrected chi connectivity index (χ0v) is 20.3. The molecule has 0 saturated carbocycles. The molecule has 2 fully saturated rings. The molecule has 0 bridgehead atoms. The summed E-state index contributed by atoms with van der Waals surface area (Å²) in [4.78, 5) is 35.0. The Morgan fingerprint density at radius 2 is 1.71 bits per heavy atom. The lowest BCUT2D eigenvalue weighted by atomic mass is 9.95. The molecule has 2 aromatic carbocycles. The van der Waals surface area contributed by atoms with Gasteiger partial charge in [-0.25, -0.2) is 0 Å². The molecule has 5 rings (SSSR count). The molecule has 7 heteroatoms. The minimum atomic E-state index is -0.456. The number of aromatic nitrogens is 1. The number of pyridine rings is 1. The SMILES string of the molecule is O=C(c1ccc(Cl)cc1)N1CCC2(CC1)NC(Cc1ccccc1)C(=O)N2CCc1ccccn1. The second-order valence-corrected chi connectivity index (χ2v) is 9.71. The summed E-state index contributed by atoms with van der Waals surface area (Å²) in [6.07, 6.45) is 4.50. The first-order chi connectivity index (χ1) is 17.0. The number of nitrogens with one attached hydrogen (secondary N) is 1. The predicted octanol–water partition coefficient (Wildman–Crippen LogP) is 3.95. The first kappa shape index (κ1) is 23.5. The minimum absolute atomic E-state index is 0.00158. The third-order valence-electron chi connectivity index (χ3n) is 7.09. The van der Waals surface area contributed by atoms with Gasteiger partial charge in [0.05, 0.1) is 11.7 Å². The molecule has 2 aliphatic rings. The van der Waals surface area contributed by atoms with Gasteiger partial charge in [0.2, 0.25) is 5.91 Å². The number of piperidine rings is 1. The van der Waals surface area contributed by atoms with Crippen LogP contribution in [0.15, 0.2) is 79.0 Å². The van der Waals surface area contributed by atoms with Crippen LogP contribution in [-0.4, -0.2) is 57.9 Å². The smallest absolute Gasteiger partial charge is 0.253 e. The van der Waals surface area contributed by atoms with Crippen molar-refractivity contribution in [2.24, 2.45) is 0 Å². The van der Waals surface area contributed by atoms with Gasteiger partial charge in [0.15, 0.2) is 0 Å². The highest BCUT2D eigenvalue weighted by Gasteiger charge is 2.51. The zero-order valence-electron chi connectivity index (χ0n) is 19.6. The Bertz CT molecular complexity index is 1160. The number of halogens is 1. The van der Waals surface area contributed by atoms with E-state index in [1.807, 2.05) is 46.2 Å². The Balaban J connectivity index is 1.32. The monoisotopic (exact) mass is 488 g/mol. The van der Waals surface area contributed by atoms with Crippen molar-refractivity contribution >= 4 is 23.4 Å². The average molecular weight is 489 g/mol. The molecule has 1 atom stereocenters. The van der Waals surface area contributed by atoms with Crippen LogP contribution in [0, 0.1) is 0 Å². The van der Waals surface area contributed by atoms with Gasteiger partial charge in [0.25, 0.3) is 5.91 Å². The molecule has 180 valence electrons. The van der Waals surface area contributed by atoms with E-state index in [1.165, 1.54) is 0 Å². The summed E-state index contributed by atoms with van der Waals surface area (Å²) in [6.45, 7) is 1.76. The van der Waals surface area contributed by atoms with Crippen LogP contribution in [0.1, 0.15) is 34.5 Å². The molecule has 2 aliphatic heterocycles. The molecule has 1 unspecified atom stereocenters. The molecular weight excluding hydrogens is 460 g/mol. The fourth-order valence-electron chi connectivity index (χ4n) is 5.22. The summed E-state index contributed by atoms with van der Waals surface area (Å²) in [5, 5.41) is 4.31. The zero-order chi connectivity index (χ0) is 24.3. The summed E-state index contributed by atoms with van der Waals surface area (Å²) >= 11 is 5.98. The molecule has 2 saturated heterocycles. The van der Waals surface area contributed by atoms with Crippen LogP contribution in [0.25, 0.3) is 0 Å². The number of benzene rings is 2. The molecule has 1 N–H and O–H groups in total. The number of rotatable bonds is 6. The van der Waals surface area contributed by atoms with Crippen molar-refractivity contribution < 1.29 is 9.59 Å². The average Bonchev–Trinajstić information content (AvgIpc) is 3.14. The highest BCUT2D eigenvalue weighted by Crippen LogP contribution is 2.34. The Morgan fingerprint density at radius 3 is 2.40 bits per heavy atom. The van der Waals surface area contributed by atoms with E-state index in [2.05, 4.69) is 22.4 Å². The summed E-state index contributed by atoms with van der Waals surface area (Å²) < 4.78 is 0. The first-order valence-corrected chi connectivity index (χ1v) is 12.5. The van der Waals surface area contributed by atoms with E-state index in [0.717, 1.165) is 11.3 Å². The number of nitrogens with zero attached hydrogens (tertiary/aromatic N) is 3. The Labute approximate surface area is 210 Å². The third-order valence-corrected chi connectivity index (χ3v) is 7.35. The van der Waals surface area contributed by atoms with Gasteiger partial charge < -0.3 is 9.80 Å². The van der Waals surface area contributed by atoms with Crippen molar-refractivity contribution in [1.29, 1.82) is 0 Å². The number of carbonyl (C=O) groups excluding carboxylic acids is 2. The highest BCUT2D eigenvalue weighted by atomic mass is 35.5. The van der Waals surface area contributed by atoms with Gasteiger partial charge in [-0.05, 0) is 48.4 Å². The topological polar surface area (TPSA) is 65.5 Å². The Hall–Kier alpha value is -3.22. The number of hydrogen-bond donors (Lipinski definition) is 1. The first-order valence-electron chi connectivity index (χ1n) is 12.1. The quantitative estimate of drug-likeness (QED) is 0.570. The molecule has 1 spiro atoms. The Morgan fingerprint density at radius 1 is 1.00 bits per heavy atom. The molecule has 1 aromatic heterocycles. The van der Waals surface area contributed by atoms with Crippen molar-refractivity contribution in [1.82, 2.24) is 20.1 Å². The lowest BCUT2D eigenvalue weighted by Crippen LogP contribution is -2.60. The molecule has 3 heterocycles. The highest BCUT2D eigenvalue weighted by molar-refractivity contribution is 6.30. The van der Waals surface area contributed by atoms with Gasteiger partial charge in [-0.15, -0.1) is 0 Å². The molecule has 2 amide bonds. The maximum absolute atomic E-state index is 13.6. The standard InChI is InChI=1S/C28H29ClN4O2/c29-23-11-9-22(10-12-23)26(34)32-18-14-28(15-19-32)31-25(20-21-6-2-1-3-7-21)27(35)33(28)17-13-24-8-4-5-16-30-24/h1-12,16,25,31H,13-15,17-20H2. The van der Waals surface area contributed by atoms with Gasteiger partial charge in [0.1, 0.15) is 0 Å². The molecule has 3 aromatic rings. The normalized spacial score (nSPS) is 19.3. The predicted molar refractivity (Wildman–Crippen MR) is 136 cm³/mol. The van der Waals surface area contributed by atoms with E-state index in [4.69, 9.17) is 11.6 Å². The summed E-state index contributed by atoms with van der Waals surface area (Å²) in [6, 6.07) is 22.7. The van der Waals surface area contributed by atoms with E-state index in [-0.39, 0.29) is 17.9 Å². The van der Waals surface area contributed by atoms with Gasteiger partial charge in [-0.3, -0.25) is 19.9 Å². The third kappa shape index (κ3) is 5.09. The van der Waals surface area contributed by atoms with Crippen LogP contribution in [-0.2, 0) is 17.6 Å². The maximum atomic E-state index is 13.6. The Kier molecular flexibility index (Phi) is 6.84. The number of carbonyl (C=O) groups is 2. The van der Waals surface area contributed by atoms with Crippen molar-refractivity contribution in [3.8, 4) is 0 Å². The van der Waals surface area contributed by atoms with E-state index in [0.29, 0.717) is 55.9 Å². The summed E-state index contributed by atoms with van der Waals surface area (Å²) in [5.41, 5.74) is 2.28. The fraction of sp³-hybridized carbons (Fsp3) is 0.321. The molecule has 0 radical (unpaired) electrons. The fourth-order valence-corrected chi connectivity index (χ4v) is 5.34. The number of amides is 2. The second-order valence-electron chi connectivity index (χ2n) is 9.28. The van der Waals surface area contributed by atoms with E-state index in [9.17, 15) is 9.59 Å². The van der Waals surface area contributed by atoms with E-state index in [1.54, 1.807) is 30.5 Å². The lowest BCUT2D eigenvalue weighted by molar-refractivity contribution is -0.133. The molecule has 6 nitrogen and oxygen atoms in total. The van der Waals surface area contributed by atoms with Crippen LogP contribution >= 0.6 is 11.6 Å². The minimum Gasteiger partial charge on any atom is -0.338 e. The van der Waals surface area contributed by atoms with Gasteiger partial charge in [-0.2, -0.15) is 0 Å². The van der Waals surface area contributed by atoms with Crippen LogP contribution < -0.4 is 5.32 Å². The molecule has 35 heavy (non-hydrogen) atoms. The van der Waals surface area contributed by atoms with Crippen molar-refractivity contribution in [2.75, 3.05) is 19.6 Å². The van der Waals surface area contributed by atoms with Crippen LogP contribution in [0.4, 0.5) is 0 Å². The van der Waals surface area contributed by atoms with Gasteiger partial charge in [-0.1, -0.05) is 48.0 Å². The maximum Gasteiger partial charge on any atom is 0.253 e. The number of likely N-dealkylation sites (tertiary alicyclic amines) is 1. The van der Waals surface area contributed by atoms with Crippen LogP contribution in [0.5, 0.6) is 0 Å². The van der Waals surface area contributed by atoms with Crippen molar-refractivity contribution in [3.05, 3.63) is 101 Å². The van der Waals surface area contributed by atoms with Gasteiger partial charge >= 0.3 is 0 Å². The largest absolute Gasteiger partial charge is 0.338 e. The summed E-state index contributed by atoms with van der Waals surface area (Å²) in [7, 11) is 0.